The fraction of sp³-hybridized carbons (Fsp3) is 0.933. The molecule has 0 aliphatic heterocycles. The van der Waals surface area contributed by atoms with Crippen molar-refractivity contribution < 1.29 is 5.11 Å². The smallest absolute Gasteiger partial charge is 0.0574 e. The SMILES string of the molecule is C=CC[C@@H]1[C@H](O)CC[C@]2(C)C3CC[C@]4(C)C([C@H](C)CCCC(C)C)CC[C@H]4C3CC[C@@H]12. The molecule has 0 aromatic carbocycles. The van der Waals surface area contributed by atoms with Crippen molar-refractivity contribution in [2.24, 2.45) is 58.2 Å². The van der Waals surface area contributed by atoms with E-state index in [0.717, 1.165) is 48.3 Å². The van der Waals surface area contributed by atoms with Crippen LogP contribution in [-0.2, 0) is 0 Å². The van der Waals surface area contributed by atoms with Crippen LogP contribution in [-0.4, -0.2) is 11.2 Å². The molecule has 178 valence electrons. The molecular weight excluding hydrogens is 376 g/mol. The van der Waals surface area contributed by atoms with E-state index in [1.54, 1.807) is 0 Å². The molecule has 0 aromatic heterocycles. The average molecular weight is 429 g/mol. The van der Waals surface area contributed by atoms with Gasteiger partial charge in [-0.1, -0.05) is 60.0 Å². The number of fused-ring (bicyclic) bond motifs is 5. The maximum absolute atomic E-state index is 10.8. The zero-order chi connectivity index (χ0) is 22.4. The van der Waals surface area contributed by atoms with Crippen molar-refractivity contribution >= 4 is 0 Å². The van der Waals surface area contributed by atoms with Crippen molar-refractivity contribution in [3.05, 3.63) is 12.7 Å². The van der Waals surface area contributed by atoms with Gasteiger partial charge in [-0.05, 0) is 116 Å². The molecule has 4 saturated carbocycles. The van der Waals surface area contributed by atoms with Gasteiger partial charge in [0.15, 0.2) is 0 Å². The zero-order valence-corrected chi connectivity index (χ0v) is 21.4. The number of hydrogen-bond acceptors (Lipinski definition) is 1. The molecular formula is C30H52O. The zero-order valence-electron chi connectivity index (χ0n) is 21.4. The van der Waals surface area contributed by atoms with Gasteiger partial charge < -0.3 is 5.11 Å². The third kappa shape index (κ3) is 4.08. The van der Waals surface area contributed by atoms with Crippen LogP contribution in [0, 0.1) is 58.2 Å². The summed E-state index contributed by atoms with van der Waals surface area (Å²) in [4.78, 5) is 0. The quantitative estimate of drug-likeness (QED) is 0.404. The predicted molar refractivity (Wildman–Crippen MR) is 133 cm³/mol. The molecule has 4 aliphatic carbocycles. The molecule has 3 unspecified atom stereocenters. The molecule has 0 heterocycles. The van der Waals surface area contributed by atoms with Crippen LogP contribution in [0.5, 0.6) is 0 Å². The van der Waals surface area contributed by atoms with Gasteiger partial charge in [-0.2, -0.15) is 0 Å². The van der Waals surface area contributed by atoms with Gasteiger partial charge in [0.2, 0.25) is 0 Å². The minimum absolute atomic E-state index is 0.0935. The summed E-state index contributed by atoms with van der Waals surface area (Å²) in [6, 6.07) is 0. The normalized spacial score (nSPS) is 48.0. The fourth-order valence-corrected chi connectivity index (χ4v) is 10.0. The third-order valence-electron chi connectivity index (χ3n) is 11.6. The average Bonchev–Trinajstić information content (AvgIpc) is 3.07. The minimum atomic E-state index is -0.0935. The van der Waals surface area contributed by atoms with Crippen LogP contribution in [0.3, 0.4) is 0 Å². The molecule has 4 rings (SSSR count). The van der Waals surface area contributed by atoms with Crippen molar-refractivity contribution in [3.63, 3.8) is 0 Å². The molecule has 1 N–H and O–H groups in total. The molecule has 0 radical (unpaired) electrons. The van der Waals surface area contributed by atoms with Gasteiger partial charge in [0.1, 0.15) is 0 Å². The molecule has 0 aromatic rings. The van der Waals surface area contributed by atoms with E-state index < -0.39 is 0 Å². The number of hydrogen-bond donors (Lipinski definition) is 1. The standard InChI is InChI=1S/C30H52O/c1-7-9-23-26-13-12-22-25-15-14-24(21(4)11-8-10-20(2)3)29(25,5)18-16-27(22)30(26,6)19-17-28(23)31/h7,20-28,31H,1,8-19H2,2-6H3/t21-,22?,23+,24?,25+,26+,27?,28-,29-,30+/m1/s1. The summed E-state index contributed by atoms with van der Waals surface area (Å²) in [7, 11) is 0. The summed E-state index contributed by atoms with van der Waals surface area (Å²) in [5.74, 6) is 6.70. The first-order valence-electron chi connectivity index (χ1n) is 14.0. The highest BCUT2D eigenvalue weighted by atomic mass is 16.3. The van der Waals surface area contributed by atoms with E-state index in [4.69, 9.17) is 0 Å². The monoisotopic (exact) mass is 428 g/mol. The molecule has 10 atom stereocenters. The van der Waals surface area contributed by atoms with Gasteiger partial charge in [0, 0.05) is 0 Å². The lowest BCUT2D eigenvalue weighted by molar-refractivity contribution is -0.152. The van der Waals surface area contributed by atoms with Crippen molar-refractivity contribution in [2.45, 2.75) is 118 Å². The molecule has 0 saturated heterocycles. The second-order valence-corrected chi connectivity index (χ2v) is 13.4. The van der Waals surface area contributed by atoms with Crippen LogP contribution >= 0.6 is 0 Å². The molecule has 0 spiro atoms. The second-order valence-electron chi connectivity index (χ2n) is 13.4. The van der Waals surface area contributed by atoms with Crippen LogP contribution < -0.4 is 0 Å². The largest absolute Gasteiger partial charge is 0.393 e. The fourth-order valence-electron chi connectivity index (χ4n) is 10.0. The Morgan fingerprint density at radius 3 is 2.26 bits per heavy atom. The van der Waals surface area contributed by atoms with Gasteiger partial charge in [-0.3, -0.25) is 0 Å². The van der Waals surface area contributed by atoms with Crippen LogP contribution in [0.4, 0.5) is 0 Å². The van der Waals surface area contributed by atoms with Crippen molar-refractivity contribution in [3.8, 4) is 0 Å². The summed E-state index contributed by atoms with van der Waals surface area (Å²) in [5.41, 5.74) is 1.05. The van der Waals surface area contributed by atoms with E-state index in [1.807, 2.05) is 0 Å². The van der Waals surface area contributed by atoms with Crippen LogP contribution in [0.25, 0.3) is 0 Å². The maximum atomic E-state index is 10.8. The molecule has 1 nitrogen and oxygen atoms in total. The highest BCUT2D eigenvalue weighted by Crippen LogP contribution is 2.69. The van der Waals surface area contributed by atoms with Gasteiger partial charge >= 0.3 is 0 Å². The lowest BCUT2D eigenvalue weighted by Gasteiger charge is -2.62. The van der Waals surface area contributed by atoms with Crippen molar-refractivity contribution in [1.29, 1.82) is 0 Å². The summed E-state index contributed by atoms with van der Waals surface area (Å²) in [5, 5.41) is 10.8. The van der Waals surface area contributed by atoms with E-state index in [2.05, 4.69) is 47.3 Å². The Bertz CT molecular complexity index is 624. The predicted octanol–water partition coefficient (Wildman–Crippen LogP) is 8.27. The Hall–Kier alpha value is -0.300. The van der Waals surface area contributed by atoms with Gasteiger partial charge in [-0.25, -0.2) is 0 Å². The van der Waals surface area contributed by atoms with E-state index >= 15 is 0 Å². The first kappa shape index (κ1) is 23.8. The summed E-state index contributed by atoms with van der Waals surface area (Å²) in [6.45, 7) is 16.7. The van der Waals surface area contributed by atoms with Crippen molar-refractivity contribution in [2.75, 3.05) is 0 Å². The summed E-state index contributed by atoms with van der Waals surface area (Å²) in [6.07, 6.45) is 18.2. The molecule has 4 fully saturated rings. The molecule has 31 heavy (non-hydrogen) atoms. The van der Waals surface area contributed by atoms with Gasteiger partial charge in [0.05, 0.1) is 6.10 Å². The molecule has 1 heteroatoms. The Kier molecular flexibility index (Phi) is 7.04. The van der Waals surface area contributed by atoms with E-state index in [9.17, 15) is 5.11 Å². The highest BCUT2D eigenvalue weighted by molar-refractivity contribution is 5.11. The topological polar surface area (TPSA) is 20.2 Å². The lowest BCUT2D eigenvalue weighted by Crippen LogP contribution is -2.56. The van der Waals surface area contributed by atoms with Crippen LogP contribution in [0.15, 0.2) is 12.7 Å². The number of aliphatic hydroxyl groups excluding tert-OH is 1. The third-order valence-corrected chi connectivity index (χ3v) is 11.6. The highest BCUT2D eigenvalue weighted by Gasteiger charge is 2.61. The first-order chi connectivity index (χ1) is 14.7. The maximum Gasteiger partial charge on any atom is 0.0574 e. The Balaban J connectivity index is 1.49. The van der Waals surface area contributed by atoms with Crippen LogP contribution in [0.1, 0.15) is 112 Å². The van der Waals surface area contributed by atoms with E-state index in [-0.39, 0.29) is 6.10 Å². The molecule has 0 amide bonds. The first-order valence-corrected chi connectivity index (χ1v) is 14.0. The minimum Gasteiger partial charge on any atom is -0.393 e. The van der Waals surface area contributed by atoms with E-state index in [0.29, 0.717) is 22.7 Å². The molecule has 0 bridgehead atoms. The Morgan fingerprint density at radius 2 is 1.55 bits per heavy atom. The Morgan fingerprint density at radius 1 is 0.871 bits per heavy atom. The number of allylic oxidation sites excluding steroid dienone is 1. The Labute approximate surface area is 193 Å². The summed E-state index contributed by atoms with van der Waals surface area (Å²) < 4.78 is 0. The van der Waals surface area contributed by atoms with Gasteiger partial charge in [-0.15, -0.1) is 6.58 Å². The van der Waals surface area contributed by atoms with Crippen LogP contribution in [0.2, 0.25) is 0 Å². The van der Waals surface area contributed by atoms with Crippen molar-refractivity contribution in [1.82, 2.24) is 0 Å². The second kappa shape index (κ2) is 9.15. The van der Waals surface area contributed by atoms with Gasteiger partial charge in [0.25, 0.3) is 0 Å². The number of aliphatic hydroxyl groups is 1. The summed E-state index contributed by atoms with van der Waals surface area (Å²) >= 11 is 0. The lowest BCUT2D eigenvalue weighted by atomic mass is 9.43. The van der Waals surface area contributed by atoms with E-state index in [1.165, 1.54) is 64.2 Å². The molecule has 4 aliphatic rings. The number of rotatable bonds is 7.